The molecule has 1 heterocycles. The van der Waals surface area contributed by atoms with Gasteiger partial charge in [0.05, 0.1) is 13.2 Å². The first-order valence-electron chi connectivity index (χ1n) is 5.36. The summed E-state index contributed by atoms with van der Waals surface area (Å²) in [6.45, 7) is 4.49. The summed E-state index contributed by atoms with van der Waals surface area (Å²) in [7, 11) is 1.49. The average Bonchev–Trinajstić information content (AvgIpc) is 2.36. The van der Waals surface area contributed by atoms with Crippen LogP contribution >= 0.6 is 0 Å². The van der Waals surface area contributed by atoms with Crippen molar-refractivity contribution < 1.29 is 19.5 Å². The number of carbonyl (C=O) groups is 1. The van der Waals surface area contributed by atoms with Gasteiger partial charge in [0.15, 0.2) is 5.84 Å². The van der Waals surface area contributed by atoms with E-state index in [4.69, 9.17) is 20.4 Å². The number of rotatable bonds is 3. The smallest absolute Gasteiger partial charge is 0.254 e. The molecule has 1 aliphatic heterocycles. The second kappa shape index (κ2) is 5.33. The van der Waals surface area contributed by atoms with Crippen LogP contribution < -0.4 is 5.73 Å². The summed E-state index contributed by atoms with van der Waals surface area (Å²) >= 11 is 0. The Morgan fingerprint density at radius 1 is 1.65 bits per heavy atom. The van der Waals surface area contributed by atoms with Crippen molar-refractivity contribution in [2.45, 2.75) is 25.6 Å². The van der Waals surface area contributed by atoms with Crippen LogP contribution in [-0.4, -0.2) is 60.4 Å². The second-order valence-corrected chi connectivity index (χ2v) is 4.35. The van der Waals surface area contributed by atoms with Crippen LogP contribution in [0.4, 0.5) is 0 Å². The molecular weight excluding hydrogens is 226 g/mol. The van der Waals surface area contributed by atoms with E-state index >= 15 is 0 Å². The summed E-state index contributed by atoms with van der Waals surface area (Å²) in [6.07, 6.45) is -0.564. The molecule has 0 radical (unpaired) electrons. The van der Waals surface area contributed by atoms with E-state index in [1.165, 1.54) is 7.11 Å². The predicted octanol–water partition coefficient (Wildman–Crippen LogP) is -0.615. The van der Waals surface area contributed by atoms with Crippen molar-refractivity contribution in [2.24, 2.45) is 10.9 Å². The van der Waals surface area contributed by atoms with Crippen molar-refractivity contribution >= 4 is 11.7 Å². The normalized spacial score (nSPS) is 22.6. The Kier molecular flexibility index (Phi) is 4.30. The third kappa shape index (κ3) is 3.07. The number of hydrogen-bond donors (Lipinski definition) is 2. The molecule has 98 valence electrons. The number of amidine groups is 1. The van der Waals surface area contributed by atoms with Gasteiger partial charge in [0.1, 0.15) is 11.7 Å². The lowest BCUT2D eigenvalue weighted by Gasteiger charge is -2.36. The molecule has 1 rings (SSSR count). The van der Waals surface area contributed by atoms with Crippen molar-refractivity contribution in [2.75, 3.05) is 26.8 Å². The van der Waals surface area contributed by atoms with E-state index < -0.39 is 11.7 Å². The average molecular weight is 245 g/mol. The number of methoxy groups -OCH3 is 1. The third-order valence-electron chi connectivity index (χ3n) is 2.82. The minimum absolute atomic E-state index is 0.0299. The van der Waals surface area contributed by atoms with Crippen molar-refractivity contribution in [3.05, 3.63) is 0 Å². The molecule has 0 aromatic rings. The van der Waals surface area contributed by atoms with Gasteiger partial charge < -0.3 is 25.3 Å². The highest BCUT2D eigenvalue weighted by Crippen LogP contribution is 2.15. The fraction of sp³-hybridized carbons (Fsp3) is 0.800. The quantitative estimate of drug-likeness (QED) is 0.299. The van der Waals surface area contributed by atoms with Crippen LogP contribution in [0.1, 0.15) is 13.8 Å². The molecule has 1 aliphatic rings. The van der Waals surface area contributed by atoms with Crippen LogP contribution in [-0.2, 0) is 14.3 Å². The first-order chi connectivity index (χ1) is 7.92. The Bertz CT molecular complexity index is 317. The van der Waals surface area contributed by atoms with Gasteiger partial charge in [-0.3, -0.25) is 4.79 Å². The molecule has 0 spiro atoms. The number of morpholine rings is 1. The highest BCUT2D eigenvalue weighted by Gasteiger charge is 2.35. The third-order valence-corrected chi connectivity index (χ3v) is 2.82. The maximum absolute atomic E-state index is 12.1. The van der Waals surface area contributed by atoms with Gasteiger partial charge in [0.25, 0.3) is 5.91 Å². The van der Waals surface area contributed by atoms with Crippen molar-refractivity contribution in [1.82, 2.24) is 4.90 Å². The van der Waals surface area contributed by atoms with Gasteiger partial charge in [-0.25, -0.2) is 0 Å². The molecule has 1 saturated heterocycles. The Balaban J connectivity index is 2.70. The summed E-state index contributed by atoms with van der Waals surface area (Å²) in [6, 6.07) is 0. The van der Waals surface area contributed by atoms with Gasteiger partial charge in [-0.05, 0) is 13.8 Å². The molecule has 1 amide bonds. The van der Waals surface area contributed by atoms with Crippen LogP contribution in [0.3, 0.4) is 0 Å². The molecule has 1 fully saturated rings. The van der Waals surface area contributed by atoms with Crippen LogP contribution in [0.5, 0.6) is 0 Å². The van der Waals surface area contributed by atoms with Crippen LogP contribution in [0.25, 0.3) is 0 Å². The monoisotopic (exact) mass is 245 g/mol. The maximum atomic E-state index is 12.1. The Morgan fingerprint density at radius 3 is 2.82 bits per heavy atom. The molecule has 0 bridgehead atoms. The highest BCUT2D eigenvalue weighted by atomic mass is 16.5. The van der Waals surface area contributed by atoms with Gasteiger partial charge >= 0.3 is 0 Å². The Labute approximate surface area is 100 Å². The predicted molar refractivity (Wildman–Crippen MR) is 60.8 cm³/mol. The zero-order chi connectivity index (χ0) is 13.1. The van der Waals surface area contributed by atoms with Crippen LogP contribution in [0.2, 0.25) is 0 Å². The lowest BCUT2D eigenvalue weighted by atomic mass is 10.1. The number of amides is 1. The number of carbonyl (C=O) groups excluding carboxylic acids is 1. The lowest BCUT2D eigenvalue weighted by Crippen LogP contribution is -2.55. The minimum Gasteiger partial charge on any atom is -0.409 e. The molecule has 17 heavy (non-hydrogen) atoms. The van der Waals surface area contributed by atoms with E-state index in [9.17, 15) is 4.79 Å². The number of nitrogens with two attached hydrogens (primary N) is 1. The first-order valence-corrected chi connectivity index (χ1v) is 5.36. The highest BCUT2D eigenvalue weighted by molar-refractivity contribution is 5.87. The number of oxime groups is 1. The number of hydrogen-bond acceptors (Lipinski definition) is 5. The van der Waals surface area contributed by atoms with Gasteiger partial charge in [-0.1, -0.05) is 5.16 Å². The molecule has 3 N–H and O–H groups in total. The van der Waals surface area contributed by atoms with Crippen molar-refractivity contribution in [1.29, 1.82) is 0 Å². The first kappa shape index (κ1) is 13.7. The molecule has 0 aromatic carbocycles. The molecule has 1 atom stereocenters. The molecular formula is C10H19N3O4. The summed E-state index contributed by atoms with van der Waals surface area (Å²) in [5, 5.41) is 11.5. The van der Waals surface area contributed by atoms with Crippen LogP contribution in [0, 0.1) is 0 Å². The SMILES string of the molecule is COC(C)(C)C(=O)N1CCOC(C(N)=NO)C1. The van der Waals surface area contributed by atoms with Crippen LogP contribution in [0.15, 0.2) is 5.16 Å². The lowest BCUT2D eigenvalue weighted by molar-refractivity contribution is -0.156. The van der Waals surface area contributed by atoms with E-state index in [-0.39, 0.29) is 18.3 Å². The van der Waals surface area contributed by atoms with Crippen molar-refractivity contribution in [3.8, 4) is 0 Å². The molecule has 0 aliphatic carbocycles. The van der Waals surface area contributed by atoms with Gasteiger partial charge in [0, 0.05) is 13.7 Å². The molecule has 1 unspecified atom stereocenters. The maximum Gasteiger partial charge on any atom is 0.254 e. The summed E-state index contributed by atoms with van der Waals surface area (Å²) in [5.74, 6) is -0.170. The molecule has 7 nitrogen and oxygen atoms in total. The largest absolute Gasteiger partial charge is 0.409 e. The zero-order valence-corrected chi connectivity index (χ0v) is 10.3. The minimum atomic E-state index is -0.882. The summed E-state index contributed by atoms with van der Waals surface area (Å²) in [4.78, 5) is 13.7. The van der Waals surface area contributed by atoms with E-state index in [0.717, 1.165) is 0 Å². The standard InChI is InChI=1S/C10H19N3O4/c1-10(2,16-3)9(14)13-4-5-17-7(6-13)8(11)12-15/h7,15H,4-6H2,1-3H3,(H2,11,12). The van der Waals surface area contributed by atoms with Gasteiger partial charge in [0.2, 0.25) is 0 Å². The van der Waals surface area contributed by atoms with Gasteiger partial charge in [-0.2, -0.15) is 0 Å². The van der Waals surface area contributed by atoms with E-state index in [0.29, 0.717) is 13.2 Å². The van der Waals surface area contributed by atoms with E-state index in [1.54, 1.807) is 18.7 Å². The summed E-state index contributed by atoms with van der Waals surface area (Å²) < 4.78 is 10.4. The molecule has 0 aromatic heterocycles. The molecule has 7 heteroatoms. The van der Waals surface area contributed by atoms with Gasteiger partial charge in [-0.15, -0.1) is 0 Å². The Morgan fingerprint density at radius 2 is 2.29 bits per heavy atom. The zero-order valence-electron chi connectivity index (χ0n) is 10.3. The van der Waals surface area contributed by atoms with E-state index in [2.05, 4.69) is 5.16 Å². The number of nitrogens with zero attached hydrogens (tertiary/aromatic N) is 2. The Hall–Kier alpha value is -1.34. The van der Waals surface area contributed by atoms with E-state index in [1.807, 2.05) is 0 Å². The fourth-order valence-corrected chi connectivity index (χ4v) is 1.55. The second-order valence-electron chi connectivity index (χ2n) is 4.35. The fourth-order valence-electron chi connectivity index (χ4n) is 1.55. The molecule has 0 saturated carbocycles. The number of ether oxygens (including phenoxy) is 2. The van der Waals surface area contributed by atoms with Crippen molar-refractivity contribution in [3.63, 3.8) is 0 Å². The summed E-state index contributed by atoms with van der Waals surface area (Å²) in [5.41, 5.74) is 4.58. The topological polar surface area (TPSA) is 97.4 Å².